The number of benzene rings is 1. The van der Waals surface area contributed by atoms with Gasteiger partial charge in [-0.15, -0.1) is 0 Å². The van der Waals surface area contributed by atoms with Crippen molar-refractivity contribution >= 4 is 23.2 Å². The number of hydrogen-bond donors (Lipinski definition) is 2. The summed E-state index contributed by atoms with van der Waals surface area (Å²) in [6, 6.07) is 4.03. The van der Waals surface area contributed by atoms with Gasteiger partial charge in [-0.25, -0.2) is 0 Å². The average molecular weight is 343 g/mol. The molecule has 0 saturated carbocycles. The lowest BCUT2D eigenvalue weighted by Gasteiger charge is -2.33. The highest BCUT2D eigenvalue weighted by Gasteiger charge is 2.30. The second kappa shape index (κ2) is 7.75. The highest BCUT2D eigenvalue weighted by Crippen LogP contribution is 2.26. The number of non-ortho nitro benzene ring substituents is 1. The largest absolute Gasteiger partial charge is 0.392 e. The molecule has 1 atom stereocenters. The van der Waals surface area contributed by atoms with Gasteiger partial charge in [-0.2, -0.15) is 0 Å². The summed E-state index contributed by atoms with van der Waals surface area (Å²) in [6.45, 7) is 7.94. The Balaban J connectivity index is 2.66. The fourth-order valence-corrected chi connectivity index (χ4v) is 2.60. The van der Waals surface area contributed by atoms with E-state index in [1.165, 1.54) is 18.2 Å². The molecule has 1 amide bonds. The molecule has 0 aliphatic rings. The van der Waals surface area contributed by atoms with Crippen molar-refractivity contribution in [1.82, 2.24) is 5.32 Å². The Morgan fingerprint density at radius 2 is 2.04 bits per heavy atom. The number of amides is 1. The summed E-state index contributed by atoms with van der Waals surface area (Å²) < 4.78 is 0. The quantitative estimate of drug-likeness (QED) is 0.588. The molecule has 0 aliphatic carbocycles. The van der Waals surface area contributed by atoms with Crippen LogP contribution in [0.2, 0.25) is 5.02 Å². The Bertz CT molecular complexity index is 587. The second-order valence-electron chi connectivity index (χ2n) is 6.66. The molecule has 0 radical (unpaired) electrons. The number of nitrogens with one attached hydrogen (secondary N) is 1. The minimum absolute atomic E-state index is 0.0324. The summed E-state index contributed by atoms with van der Waals surface area (Å²) in [5.41, 5.74) is -0.0411. The van der Waals surface area contributed by atoms with Crippen LogP contribution < -0.4 is 5.32 Å². The van der Waals surface area contributed by atoms with Crippen molar-refractivity contribution in [1.29, 1.82) is 0 Å². The van der Waals surface area contributed by atoms with Crippen LogP contribution in [0, 0.1) is 21.4 Å². The van der Waals surface area contributed by atoms with Crippen LogP contribution in [0.5, 0.6) is 0 Å². The normalized spacial score (nSPS) is 13.0. The van der Waals surface area contributed by atoms with Crippen LogP contribution in [0.4, 0.5) is 5.69 Å². The fourth-order valence-electron chi connectivity index (χ4n) is 2.36. The first-order valence-corrected chi connectivity index (χ1v) is 7.80. The number of nitrogens with zero attached hydrogens (tertiary/aromatic N) is 1. The highest BCUT2D eigenvalue weighted by atomic mass is 35.5. The molecule has 0 heterocycles. The molecule has 23 heavy (non-hydrogen) atoms. The molecule has 7 heteroatoms. The maximum absolute atomic E-state index is 12.0. The molecule has 0 aliphatic heterocycles. The second-order valence-corrected chi connectivity index (χ2v) is 7.07. The van der Waals surface area contributed by atoms with Crippen LogP contribution in [0.1, 0.15) is 33.3 Å². The number of aliphatic hydroxyl groups is 1. The Kier molecular flexibility index (Phi) is 6.53. The van der Waals surface area contributed by atoms with E-state index in [2.05, 4.69) is 5.32 Å². The standard InChI is InChI=1S/C16H23ClN2O4/c1-10(2)15(21)16(3,4)9-18-14(20)7-11-5-6-12(19(22)23)8-13(11)17/h5-6,8,10,15,21H,7,9H2,1-4H3,(H,18,20). The minimum Gasteiger partial charge on any atom is -0.392 e. The van der Waals surface area contributed by atoms with Gasteiger partial charge in [0, 0.05) is 24.1 Å². The van der Waals surface area contributed by atoms with Crippen molar-refractivity contribution in [3.8, 4) is 0 Å². The predicted octanol–water partition coefficient (Wildman–Crippen LogP) is 2.95. The lowest BCUT2D eigenvalue weighted by Crippen LogP contribution is -2.44. The molecule has 6 nitrogen and oxygen atoms in total. The minimum atomic E-state index is -0.536. The number of hydrogen-bond acceptors (Lipinski definition) is 4. The van der Waals surface area contributed by atoms with Gasteiger partial charge in [0.05, 0.1) is 22.5 Å². The third-order valence-corrected chi connectivity index (χ3v) is 4.12. The van der Waals surface area contributed by atoms with Crippen LogP contribution in [0.25, 0.3) is 0 Å². The van der Waals surface area contributed by atoms with Gasteiger partial charge in [0.15, 0.2) is 0 Å². The van der Waals surface area contributed by atoms with E-state index >= 15 is 0 Å². The van der Waals surface area contributed by atoms with Crippen LogP contribution in [0.3, 0.4) is 0 Å². The first-order chi connectivity index (χ1) is 10.5. The lowest BCUT2D eigenvalue weighted by molar-refractivity contribution is -0.384. The monoisotopic (exact) mass is 342 g/mol. The smallest absolute Gasteiger partial charge is 0.270 e. The Hall–Kier alpha value is -1.66. The van der Waals surface area contributed by atoms with Crippen molar-refractivity contribution in [2.24, 2.45) is 11.3 Å². The molecule has 0 bridgehead atoms. The lowest BCUT2D eigenvalue weighted by atomic mass is 9.80. The van der Waals surface area contributed by atoms with Gasteiger partial charge in [-0.3, -0.25) is 14.9 Å². The van der Waals surface area contributed by atoms with E-state index in [4.69, 9.17) is 11.6 Å². The Labute approximate surface area is 141 Å². The molecule has 0 spiro atoms. The number of nitro benzene ring substituents is 1. The maximum Gasteiger partial charge on any atom is 0.270 e. The summed E-state index contributed by atoms with van der Waals surface area (Å²) in [5, 5.41) is 23.8. The summed E-state index contributed by atoms with van der Waals surface area (Å²) >= 11 is 5.98. The van der Waals surface area contributed by atoms with Crippen molar-refractivity contribution in [2.45, 2.75) is 40.2 Å². The van der Waals surface area contributed by atoms with Crippen LogP contribution in [-0.2, 0) is 11.2 Å². The maximum atomic E-state index is 12.0. The van der Waals surface area contributed by atoms with E-state index in [-0.39, 0.29) is 29.0 Å². The van der Waals surface area contributed by atoms with Gasteiger partial charge in [-0.1, -0.05) is 45.4 Å². The SMILES string of the molecule is CC(C)C(O)C(C)(C)CNC(=O)Cc1ccc([N+](=O)[O-])cc1Cl. The molecular weight excluding hydrogens is 320 g/mol. The van der Waals surface area contributed by atoms with E-state index in [1.807, 2.05) is 27.7 Å². The number of nitro groups is 1. The van der Waals surface area contributed by atoms with Crippen LogP contribution >= 0.6 is 11.6 Å². The fraction of sp³-hybridized carbons (Fsp3) is 0.562. The highest BCUT2D eigenvalue weighted by molar-refractivity contribution is 6.31. The molecule has 2 N–H and O–H groups in total. The van der Waals surface area contributed by atoms with Gasteiger partial charge < -0.3 is 10.4 Å². The number of aliphatic hydroxyl groups excluding tert-OH is 1. The number of carbonyl (C=O) groups is 1. The van der Waals surface area contributed by atoms with Gasteiger partial charge in [0.25, 0.3) is 5.69 Å². The molecule has 1 aromatic rings. The third-order valence-electron chi connectivity index (χ3n) is 3.77. The zero-order chi connectivity index (χ0) is 17.8. The molecular formula is C16H23ClN2O4. The number of halogens is 1. The van der Waals surface area contributed by atoms with Gasteiger partial charge in [0.2, 0.25) is 5.91 Å². The zero-order valence-electron chi connectivity index (χ0n) is 13.8. The Morgan fingerprint density at radius 3 is 2.52 bits per heavy atom. The summed E-state index contributed by atoms with van der Waals surface area (Å²) in [5.74, 6) is -0.157. The van der Waals surface area contributed by atoms with E-state index in [0.29, 0.717) is 12.1 Å². The third kappa shape index (κ3) is 5.48. The Morgan fingerprint density at radius 1 is 1.43 bits per heavy atom. The molecule has 1 rings (SSSR count). The summed E-state index contributed by atoms with van der Waals surface area (Å²) in [7, 11) is 0. The van der Waals surface area contributed by atoms with E-state index in [0.717, 1.165) is 0 Å². The average Bonchev–Trinajstić information content (AvgIpc) is 2.46. The van der Waals surface area contributed by atoms with Crippen molar-refractivity contribution < 1.29 is 14.8 Å². The van der Waals surface area contributed by atoms with Crippen molar-refractivity contribution in [2.75, 3.05) is 6.54 Å². The first-order valence-electron chi connectivity index (χ1n) is 7.42. The van der Waals surface area contributed by atoms with Crippen molar-refractivity contribution in [3.05, 3.63) is 38.9 Å². The molecule has 128 valence electrons. The van der Waals surface area contributed by atoms with Gasteiger partial charge in [-0.05, 0) is 11.5 Å². The van der Waals surface area contributed by atoms with E-state index < -0.39 is 16.4 Å². The van der Waals surface area contributed by atoms with Crippen LogP contribution in [0.15, 0.2) is 18.2 Å². The van der Waals surface area contributed by atoms with E-state index in [1.54, 1.807) is 0 Å². The predicted molar refractivity (Wildman–Crippen MR) is 89.4 cm³/mol. The van der Waals surface area contributed by atoms with E-state index in [9.17, 15) is 20.0 Å². The number of carbonyl (C=O) groups excluding carboxylic acids is 1. The summed E-state index contributed by atoms with van der Waals surface area (Å²) in [6.07, 6.45) is -0.504. The zero-order valence-corrected chi connectivity index (χ0v) is 14.6. The number of rotatable bonds is 7. The summed E-state index contributed by atoms with van der Waals surface area (Å²) in [4.78, 5) is 22.2. The topological polar surface area (TPSA) is 92.5 Å². The van der Waals surface area contributed by atoms with Gasteiger partial charge >= 0.3 is 0 Å². The molecule has 0 aromatic heterocycles. The molecule has 0 fully saturated rings. The van der Waals surface area contributed by atoms with Crippen LogP contribution in [-0.4, -0.2) is 28.6 Å². The molecule has 0 saturated heterocycles. The van der Waals surface area contributed by atoms with Crippen molar-refractivity contribution in [3.63, 3.8) is 0 Å². The molecule has 1 unspecified atom stereocenters. The molecule has 1 aromatic carbocycles. The first kappa shape index (κ1) is 19.4. The van der Waals surface area contributed by atoms with Gasteiger partial charge in [0.1, 0.15) is 0 Å².